The van der Waals surface area contributed by atoms with Crippen molar-refractivity contribution < 1.29 is 4.57 Å². The van der Waals surface area contributed by atoms with Crippen LogP contribution in [-0.2, 0) is 9.98 Å². The highest BCUT2D eigenvalue weighted by molar-refractivity contribution is 7.85. The molecule has 1 N–H and O–H groups in total. The fraction of sp³-hybridized carbons (Fsp3) is 0.0385. The second-order valence-electron chi connectivity index (χ2n) is 15.2. The van der Waals surface area contributed by atoms with Crippen LogP contribution in [0.2, 0.25) is 0 Å². The summed E-state index contributed by atoms with van der Waals surface area (Å²) in [6, 6.07) is 69.7. The van der Waals surface area contributed by atoms with Crippen molar-refractivity contribution in [1.29, 1.82) is 0 Å². The van der Waals surface area contributed by atoms with Crippen LogP contribution >= 0.6 is 7.14 Å². The van der Waals surface area contributed by atoms with E-state index in [1.807, 2.05) is 72.8 Å². The van der Waals surface area contributed by atoms with Gasteiger partial charge in [0.05, 0.1) is 22.1 Å². The largest absolute Gasteiger partial charge is 0.324 e. The first-order chi connectivity index (χ1) is 28.7. The lowest BCUT2D eigenvalue weighted by atomic mass is 9.62. The second-order valence-corrected chi connectivity index (χ2v) is 17.9. The Balaban J connectivity index is 1.20. The van der Waals surface area contributed by atoms with Crippen molar-refractivity contribution in [1.82, 2.24) is 9.88 Å². The van der Waals surface area contributed by atoms with Gasteiger partial charge in [-0.05, 0) is 52.1 Å². The Morgan fingerprint density at radius 3 is 1.91 bits per heavy atom. The summed E-state index contributed by atoms with van der Waals surface area (Å²) in [4.78, 5) is 10.4. The van der Waals surface area contributed by atoms with Crippen LogP contribution in [0, 0.1) is 0 Å². The number of aromatic nitrogens is 1. The summed E-state index contributed by atoms with van der Waals surface area (Å²) >= 11 is 0. The van der Waals surface area contributed by atoms with Crippen LogP contribution in [0.3, 0.4) is 0 Å². The lowest BCUT2D eigenvalue weighted by molar-refractivity contribution is 0.590. The number of hydrogen-bond acceptors (Lipinski definition) is 4. The van der Waals surface area contributed by atoms with Crippen LogP contribution in [0.4, 0.5) is 0 Å². The molecule has 0 saturated heterocycles. The molecule has 8 aromatic carbocycles. The predicted molar refractivity (Wildman–Crippen MR) is 237 cm³/mol. The molecule has 3 atom stereocenters. The molecule has 274 valence electrons. The van der Waals surface area contributed by atoms with E-state index in [1.54, 1.807) is 0 Å². The van der Waals surface area contributed by atoms with Gasteiger partial charge in [0, 0.05) is 37.8 Å². The third-order valence-corrected chi connectivity index (χ3v) is 15.5. The van der Waals surface area contributed by atoms with Crippen LogP contribution in [-0.4, -0.2) is 16.2 Å². The minimum absolute atomic E-state index is 0.450. The van der Waals surface area contributed by atoms with E-state index in [0.717, 1.165) is 66.4 Å². The molecule has 3 unspecified atom stereocenters. The smallest absolute Gasteiger partial charge is 0.171 e. The molecule has 3 aliphatic heterocycles. The number of nitrogens with zero attached hydrogens (tertiary/aromatic N) is 3. The van der Waals surface area contributed by atoms with E-state index in [2.05, 4.69) is 137 Å². The number of hydrogen-bond donors (Lipinski definition) is 1. The number of aliphatic imine (C=N–C) groups is 2. The van der Waals surface area contributed by atoms with Gasteiger partial charge in [-0.2, -0.15) is 0 Å². The van der Waals surface area contributed by atoms with Crippen molar-refractivity contribution in [2.75, 3.05) is 0 Å². The molecule has 3 aliphatic rings. The third kappa shape index (κ3) is 4.45. The van der Waals surface area contributed by atoms with Crippen molar-refractivity contribution in [2.24, 2.45) is 9.98 Å². The van der Waals surface area contributed by atoms with Crippen molar-refractivity contribution in [2.45, 2.75) is 11.6 Å². The Morgan fingerprint density at radius 1 is 0.500 bits per heavy atom. The first-order valence-corrected chi connectivity index (χ1v) is 21.4. The van der Waals surface area contributed by atoms with Crippen LogP contribution < -0.4 is 21.2 Å². The fourth-order valence-electron chi connectivity index (χ4n) is 9.91. The molecule has 6 heteroatoms. The zero-order chi connectivity index (χ0) is 38.4. The van der Waals surface area contributed by atoms with E-state index in [4.69, 9.17) is 9.98 Å². The van der Waals surface area contributed by atoms with E-state index in [0.29, 0.717) is 5.84 Å². The van der Waals surface area contributed by atoms with Gasteiger partial charge in [-0.15, -0.1) is 0 Å². The van der Waals surface area contributed by atoms with Crippen molar-refractivity contribution in [3.05, 3.63) is 239 Å². The highest BCUT2D eigenvalue weighted by atomic mass is 31.2. The number of rotatable bonds is 4. The number of benzene rings is 8. The van der Waals surface area contributed by atoms with E-state index in [9.17, 15) is 0 Å². The third-order valence-electron chi connectivity index (χ3n) is 12.3. The maximum Gasteiger partial charge on any atom is 0.171 e. The van der Waals surface area contributed by atoms with Crippen molar-refractivity contribution in [3.8, 4) is 5.69 Å². The first-order valence-electron chi connectivity index (χ1n) is 19.7. The molecule has 0 amide bonds. The molecule has 0 fully saturated rings. The quantitative estimate of drug-likeness (QED) is 0.182. The number of para-hydroxylation sites is 3. The monoisotopic (exact) mass is 762 g/mol. The molecule has 0 radical (unpaired) electrons. The molecule has 1 spiro atoms. The van der Waals surface area contributed by atoms with Gasteiger partial charge in [0.25, 0.3) is 0 Å². The molecule has 5 nitrogen and oxygen atoms in total. The van der Waals surface area contributed by atoms with Crippen molar-refractivity contribution in [3.63, 3.8) is 0 Å². The topological polar surface area (TPSA) is 58.8 Å². The van der Waals surface area contributed by atoms with Gasteiger partial charge in [-0.3, -0.25) is 0 Å². The summed E-state index contributed by atoms with van der Waals surface area (Å²) in [5.74, 6) is 1.47. The lowest BCUT2D eigenvalue weighted by Gasteiger charge is -2.47. The molecule has 0 bridgehead atoms. The summed E-state index contributed by atoms with van der Waals surface area (Å²) in [6.07, 6.45) is -0.450. The Labute approximate surface area is 336 Å². The van der Waals surface area contributed by atoms with Crippen LogP contribution in [0.1, 0.15) is 45.1 Å². The maximum atomic E-state index is 16.5. The van der Waals surface area contributed by atoms with E-state index in [-0.39, 0.29) is 0 Å². The average Bonchev–Trinajstić information content (AvgIpc) is 3.65. The van der Waals surface area contributed by atoms with Crippen LogP contribution in [0.15, 0.2) is 210 Å². The summed E-state index contributed by atoms with van der Waals surface area (Å²) < 4.78 is 19.0. The van der Waals surface area contributed by atoms with Gasteiger partial charge >= 0.3 is 0 Å². The van der Waals surface area contributed by atoms with Gasteiger partial charge in [-0.1, -0.05) is 176 Å². The van der Waals surface area contributed by atoms with Crippen molar-refractivity contribution >= 4 is 56.5 Å². The van der Waals surface area contributed by atoms with Gasteiger partial charge in [0.1, 0.15) is 11.7 Å². The highest BCUT2D eigenvalue weighted by Gasteiger charge is 2.54. The van der Waals surface area contributed by atoms with Gasteiger partial charge < -0.3 is 14.4 Å². The average molecular weight is 763 g/mol. The van der Waals surface area contributed by atoms with E-state index >= 15 is 4.57 Å². The Hall–Kier alpha value is -7.07. The second kappa shape index (κ2) is 12.5. The lowest BCUT2D eigenvalue weighted by Crippen LogP contribution is -2.48. The highest BCUT2D eigenvalue weighted by Crippen LogP contribution is 2.60. The molecule has 1 aromatic heterocycles. The zero-order valence-corrected chi connectivity index (χ0v) is 32.2. The molecule has 12 rings (SSSR count). The molecular weight excluding hydrogens is 728 g/mol. The van der Waals surface area contributed by atoms with Gasteiger partial charge in [0.2, 0.25) is 0 Å². The Kier molecular flexibility index (Phi) is 7.11. The van der Waals surface area contributed by atoms with E-state index < -0.39 is 18.7 Å². The SMILES string of the molecule is O=P1(c2ccccc2)c2ccccc2C2(c3ccccc3-n3c4ccccc4c4cccc2c43)c2cc(C3=NC(c4ccccc4)N=C(c4ccccc4)N3)ccc21. The molecule has 9 aromatic rings. The maximum absolute atomic E-state index is 16.5. The summed E-state index contributed by atoms with van der Waals surface area (Å²) in [6.45, 7) is 0. The number of nitrogens with one attached hydrogen (secondary N) is 1. The molecular formula is C52H35N4OP. The summed E-state index contributed by atoms with van der Waals surface area (Å²) in [5, 5.41) is 8.58. The Bertz CT molecular complexity index is 3240. The molecule has 0 aliphatic carbocycles. The minimum atomic E-state index is -3.41. The van der Waals surface area contributed by atoms with Crippen LogP contribution in [0.5, 0.6) is 0 Å². The van der Waals surface area contributed by atoms with Crippen LogP contribution in [0.25, 0.3) is 27.5 Å². The molecule has 4 heterocycles. The first kappa shape index (κ1) is 33.1. The van der Waals surface area contributed by atoms with E-state index in [1.165, 1.54) is 21.8 Å². The Morgan fingerprint density at radius 2 is 1.10 bits per heavy atom. The summed E-state index contributed by atoms with van der Waals surface area (Å²) in [7, 11) is -3.41. The summed E-state index contributed by atoms with van der Waals surface area (Å²) in [5.41, 5.74) is 9.86. The predicted octanol–water partition coefficient (Wildman–Crippen LogP) is 9.93. The van der Waals surface area contributed by atoms with Gasteiger partial charge in [-0.25, -0.2) is 9.98 Å². The minimum Gasteiger partial charge on any atom is -0.324 e. The fourth-order valence-corrected chi connectivity index (χ4v) is 13.1. The number of amidine groups is 2. The molecule has 0 saturated carbocycles. The van der Waals surface area contributed by atoms with Gasteiger partial charge in [0.15, 0.2) is 13.3 Å². The normalized spacial score (nSPS) is 20.1. The number of fused-ring (bicyclic) bond motifs is 11. The zero-order valence-electron chi connectivity index (χ0n) is 31.3. The molecule has 58 heavy (non-hydrogen) atoms. The standard InChI is InChI=1S/C52H35N4OP/c57-58(37-21-8-3-9-22-37)46-30-15-12-26-41(46)52(40-25-11-14-29-45(40)56-44-28-13-10-23-38(44)39-24-16-27-42(52)48(39)56)43-33-36(31-32-47(43)58)51-54-49(34-17-4-1-5-18-34)53-50(55-51)35-19-6-2-7-20-35/h1-33,49H,(H,53,54,55).